The van der Waals surface area contributed by atoms with E-state index < -0.39 is 0 Å². The van der Waals surface area contributed by atoms with Crippen LogP contribution in [-0.2, 0) is 4.79 Å². The summed E-state index contributed by atoms with van der Waals surface area (Å²) >= 11 is 0. The number of rotatable bonds is 2. The number of nitrogens with zero attached hydrogens (tertiary/aromatic N) is 1. The molecular weight excluding hydrogens is 224 g/mol. The first kappa shape index (κ1) is 13.8. The van der Waals surface area contributed by atoms with Crippen LogP contribution in [0.25, 0.3) is 0 Å². The molecule has 2 aliphatic heterocycles. The smallest absolute Gasteiger partial charge is 0.239 e. The lowest BCUT2D eigenvalue weighted by molar-refractivity contribution is -0.134. The summed E-state index contributed by atoms with van der Waals surface area (Å²) in [4.78, 5) is 14.2. The topological polar surface area (TPSA) is 32.3 Å². The van der Waals surface area contributed by atoms with E-state index >= 15 is 0 Å². The summed E-state index contributed by atoms with van der Waals surface area (Å²) in [5, 5.41) is 3.30. The Hall–Kier alpha value is -0.280. The van der Waals surface area contributed by atoms with E-state index in [1.54, 1.807) is 0 Å². The number of carbonyl (C=O) groups is 1. The SMILES string of the molecule is CCC1CCCN(C(=O)C2CCCN2)C1.Cl. The van der Waals surface area contributed by atoms with Gasteiger partial charge in [-0.15, -0.1) is 12.4 Å². The second-order valence-electron chi connectivity index (χ2n) is 4.85. The maximum atomic E-state index is 12.1. The van der Waals surface area contributed by atoms with Crippen molar-refractivity contribution in [2.24, 2.45) is 5.92 Å². The van der Waals surface area contributed by atoms with Gasteiger partial charge in [-0.1, -0.05) is 13.3 Å². The average molecular weight is 247 g/mol. The van der Waals surface area contributed by atoms with Crippen molar-refractivity contribution >= 4 is 18.3 Å². The lowest BCUT2D eigenvalue weighted by Crippen LogP contribution is -2.47. The molecule has 0 bridgehead atoms. The normalized spacial score (nSPS) is 29.9. The summed E-state index contributed by atoms with van der Waals surface area (Å²) in [6.07, 6.45) is 5.89. The summed E-state index contributed by atoms with van der Waals surface area (Å²) in [6, 6.07) is 0.126. The van der Waals surface area contributed by atoms with Crippen LogP contribution in [-0.4, -0.2) is 36.5 Å². The summed E-state index contributed by atoms with van der Waals surface area (Å²) in [5.41, 5.74) is 0. The predicted molar refractivity (Wildman–Crippen MR) is 67.9 cm³/mol. The third kappa shape index (κ3) is 3.11. The molecule has 2 rings (SSSR count). The molecular formula is C12H23ClN2O. The van der Waals surface area contributed by atoms with E-state index in [1.807, 2.05) is 0 Å². The number of amides is 1. The zero-order valence-electron chi connectivity index (χ0n) is 10.1. The quantitative estimate of drug-likeness (QED) is 0.806. The Balaban J connectivity index is 0.00000128. The van der Waals surface area contributed by atoms with Crippen LogP contribution in [0.4, 0.5) is 0 Å². The molecule has 2 fully saturated rings. The molecule has 0 aromatic rings. The number of likely N-dealkylation sites (tertiary alicyclic amines) is 1. The number of carbonyl (C=O) groups excluding carboxylic acids is 1. The predicted octanol–water partition coefficient (Wildman–Crippen LogP) is 1.81. The summed E-state index contributed by atoms with van der Waals surface area (Å²) in [7, 11) is 0. The highest BCUT2D eigenvalue weighted by Crippen LogP contribution is 2.20. The van der Waals surface area contributed by atoms with Crippen LogP contribution in [0.2, 0.25) is 0 Å². The van der Waals surface area contributed by atoms with Gasteiger partial charge in [0.25, 0.3) is 0 Å². The Morgan fingerprint density at radius 1 is 1.38 bits per heavy atom. The van der Waals surface area contributed by atoms with Crippen LogP contribution in [0, 0.1) is 5.92 Å². The third-order valence-corrected chi connectivity index (χ3v) is 3.77. The Morgan fingerprint density at radius 2 is 2.19 bits per heavy atom. The van der Waals surface area contributed by atoms with Gasteiger partial charge < -0.3 is 10.2 Å². The van der Waals surface area contributed by atoms with Gasteiger partial charge >= 0.3 is 0 Å². The zero-order valence-corrected chi connectivity index (χ0v) is 10.9. The molecule has 3 nitrogen and oxygen atoms in total. The number of hydrogen-bond acceptors (Lipinski definition) is 2. The first-order valence-corrected chi connectivity index (χ1v) is 6.33. The highest BCUT2D eigenvalue weighted by atomic mass is 35.5. The molecule has 0 spiro atoms. The lowest BCUT2D eigenvalue weighted by atomic mass is 9.95. The Morgan fingerprint density at radius 3 is 2.81 bits per heavy atom. The molecule has 2 atom stereocenters. The van der Waals surface area contributed by atoms with Gasteiger partial charge in [0.1, 0.15) is 0 Å². The largest absolute Gasteiger partial charge is 0.341 e. The number of hydrogen-bond donors (Lipinski definition) is 1. The van der Waals surface area contributed by atoms with Crippen molar-refractivity contribution in [3.05, 3.63) is 0 Å². The van der Waals surface area contributed by atoms with E-state index in [9.17, 15) is 4.79 Å². The van der Waals surface area contributed by atoms with Gasteiger partial charge in [-0.2, -0.15) is 0 Å². The molecule has 0 aromatic heterocycles. The van der Waals surface area contributed by atoms with Gasteiger partial charge in [0, 0.05) is 13.1 Å². The van der Waals surface area contributed by atoms with E-state index in [0.29, 0.717) is 5.91 Å². The minimum absolute atomic E-state index is 0. The Labute approximate surface area is 104 Å². The molecule has 16 heavy (non-hydrogen) atoms. The van der Waals surface area contributed by atoms with Crippen molar-refractivity contribution in [1.29, 1.82) is 0 Å². The molecule has 2 aliphatic rings. The van der Waals surface area contributed by atoms with Gasteiger partial charge in [0.05, 0.1) is 6.04 Å². The molecule has 0 radical (unpaired) electrons. The van der Waals surface area contributed by atoms with E-state index in [0.717, 1.165) is 38.4 Å². The fourth-order valence-corrected chi connectivity index (χ4v) is 2.71. The van der Waals surface area contributed by atoms with E-state index in [1.165, 1.54) is 19.3 Å². The molecule has 1 N–H and O–H groups in total. The van der Waals surface area contributed by atoms with E-state index in [2.05, 4.69) is 17.1 Å². The summed E-state index contributed by atoms with van der Waals surface area (Å²) in [5.74, 6) is 1.09. The lowest BCUT2D eigenvalue weighted by Gasteiger charge is -2.33. The third-order valence-electron chi connectivity index (χ3n) is 3.77. The van der Waals surface area contributed by atoms with Crippen molar-refractivity contribution < 1.29 is 4.79 Å². The highest BCUT2D eigenvalue weighted by Gasteiger charge is 2.29. The maximum absolute atomic E-state index is 12.1. The van der Waals surface area contributed by atoms with Gasteiger partial charge in [-0.05, 0) is 38.1 Å². The van der Waals surface area contributed by atoms with Gasteiger partial charge in [0.15, 0.2) is 0 Å². The highest BCUT2D eigenvalue weighted by molar-refractivity contribution is 5.85. The van der Waals surface area contributed by atoms with Crippen molar-refractivity contribution in [3.8, 4) is 0 Å². The average Bonchev–Trinajstić information content (AvgIpc) is 2.81. The standard InChI is InChI=1S/C12H22N2O.ClH/c1-2-10-5-4-8-14(9-10)12(15)11-6-3-7-13-11;/h10-11,13H,2-9H2,1H3;1H. The summed E-state index contributed by atoms with van der Waals surface area (Å²) in [6.45, 7) is 5.22. The van der Waals surface area contributed by atoms with Gasteiger partial charge in [0.2, 0.25) is 5.91 Å². The fraction of sp³-hybridized carbons (Fsp3) is 0.917. The van der Waals surface area contributed by atoms with Gasteiger partial charge in [-0.25, -0.2) is 0 Å². The molecule has 94 valence electrons. The second kappa shape index (κ2) is 6.45. The monoisotopic (exact) mass is 246 g/mol. The van der Waals surface area contributed by atoms with Crippen LogP contribution >= 0.6 is 12.4 Å². The Kier molecular flexibility index (Phi) is 5.56. The minimum atomic E-state index is 0. The molecule has 4 heteroatoms. The zero-order chi connectivity index (χ0) is 10.7. The van der Waals surface area contributed by atoms with Crippen molar-refractivity contribution in [3.63, 3.8) is 0 Å². The first-order chi connectivity index (χ1) is 7.31. The molecule has 2 saturated heterocycles. The van der Waals surface area contributed by atoms with E-state index in [-0.39, 0.29) is 18.4 Å². The minimum Gasteiger partial charge on any atom is -0.341 e. The van der Waals surface area contributed by atoms with Crippen molar-refractivity contribution in [1.82, 2.24) is 10.2 Å². The van der Waals surface area contributed by atoms with Crippen LogP contribution in [0.1, 0.15) is 39.0 Å². The number of piperidine rings is 1. The second-order valence-corrected chi connectivity index (χ2v) is 4.85. The molecule has 1 amide bonds. The van der Waals surface area contributed by atoms with Crippen molar-refractivity contribution in [2.45, 2.75) is 45.1 Å². The van der Waals surface area contributed by atoms with Crippen molar-refractivity contribution in [2.75, 3.05) is 19.6 Å². The Bertz CT molecular complexity index is 229. The first-order valence-electron chi connectivity index (χ1n) is 6.33. The van der Waals surface area contributed by atoms with Crippen LogP contribution in [0.3, 0.4) is 0 Å². The van der Waals surface area contributed by atoms with Gasteiger partial charge in [-0.3, -0.25) is 4.79 Å². The van der Waals surface area contributed by atoms with E-state index in [4.69, 9.17) is 0 Å². The van der Waals surface area contributed by atoms with Crippen LogP contribution < -0.4 is 5.32 Å². The molecule has 2 unspecified atom stereocenters. The van der Waals surface area contributed by atoms with Crippen LogP contribution in [0.15, 0.2) is 0 Å². The molecule has 0 saturated carbocycles. The maximum Gasteiger partial charge on any atom is 0.239 e. The molecule has 0 aliphatic carbocycles. The number of halogens is 1. The van der Waals surface area contributed by atoms with Crippen LogP contribution in [0.5, 0.6) is 0 Å². The number of nitrogens with one attached hydrogen (secondary N) is 1. The summed E-state index contributed by atoms with van der Waals surface area (Å²) < 4.78 is 0. The molecule has 0 aromatic carbocycles. The fourth-order valence-electron chi connectivity index (χ4n) is 2.71. The molecule has 2 heterocycles.